The summed E-state index contributed by atoms with van der Waals surface area (Å²) in [5, 5.41) is 10.7. The minimum Gasteiger partial charge on any atom is -0.384 e. The molecule has 0 amide bonds. The fourth-order valence-corrected chi connectivity index (χ4v) is 1.72. The highest BCUT2D eigenvalue weighted by molar-refractivity contribution is 6.30. The number of hydrogen-bond acceptors (Lipinski definition) is 3. The number of aliphatic hydroxyl groups is 1. The van der Waals surface area contributed by atoms with Crippen molar-refractivity contribution in [2.24, 2.45) is 0 Å². The largest absolute Gasteiger partial charge is 0.384 e. The zero-order chi connectivity index (χ0) is 11.5. The summed E-state index contributed by atoms with van der Waals surface area (Å²) in [5.74, 6) is 0.329. The summed E-state index contributed by atoms with van der Waals surface area (Å²) in [6.07, 6.45) is 0.788. The Kier molecular flexibility index (Phi) is 3.08. The van der Waals surface area contributed by atoms with E-state index in [9.17, 15) is 5.11 Å². The van der Waals surface area contributed by atoms with Crippen molar-refractivity contribution < 1.29 is 5.11 Å². The minimum atomic E-state index is -0.799. The Morgan fingerprint density at radius 3 is 2.75 bits per heavy atom. The molecule has 0 aliphatic rings. The molecule has 1 aromatic carbocycles. The molecule has 3 nitrogen and oxygen atoms in total. The third kappa shape index (κ3) is 2.15. The van der Waals surface area contributed by atoms with E-state index in [-0.39, 0.29) is 0 Å². The Balaban J connectivity index is 2.39. The number of nitrogens with zero attached hydrogens (tertiary/aromatic N) is 1. The molecule has 0 aliphatic heterocycles. The maximum Gasteiger partial charge on any atom is 0.129 e. The van der Waals surface area contributed by atoms with Crippen LogP contribution < -0.4 is 5.73 Å². The molecule has 0 saturated carbocycles. The monoisotopic (exact) mass is 234 g/mol. The van der Waals surface area contributed by atoms with Gasteiger partial charge in [0.2, 0.25) is 0 Å². The van der Waals surface area contributed by atoms with Crippen LogP contribution in [0, 0.1) is 0 Å². The molecule has 1 atom stereocenters. The zero-order valence-electron chi connectivity index (χ0n) is 8.47. The van der Waals surface area contributed by atoms with Gasteiger partial charge in [0, 0.05) is 16.8 Å². The van der Waals surface area contributed by atoms with Crippen molar-refractivity contribution in [3.8, 4) is 0 Å². The van der Waals surface area contributed by atoms with Crippen molar-refractivity contribution in [2.75, 3.05) is 5.73 Å². The molecule has 0 spiro atoms. The second-order valence-electron chi connectivity index (χ2n) is 3.44. The fourth-order valence-electron chi connectivity index (χ4n) is 1.52. The first-order chi connectivity index (χ1) is 7.68. The molecule has 16 heavy (non-hydrogen) atoms. The second-order valence-corrected chi connectivity index (χ2v) is 3.87. The van der Waals surface area contributed by atoms with Crippen LogP contribution in [-0.2, 0) is 0 Å². The molecule has 4 heteroatoms. The molecule has 1 aromatic heterocycles. The van der Waals surface area contributed by atoms with Crippen molar-refractivity contribution >= 4 is 17.4 Å². The number of anilines is 1. The maximum atomic E-state index is 10.1. The number of halogens is 1. The Morgan fingerprint density at radius 1 is 1.25 bits per heavy atom. The number of nitrogens with two attached hydrogens (primary N) is 1. The number of hydrogen-bond donors (Lipinski definition) is 2. The first-order valence-electron chi connectivity index (χ1n) is 4.82. The highest BCUT2D eigenvalue weighted by Gasteiger charge is 2.13. The van der Waals surface area contributed by atoms with Crippen LogP contribution in [0.5, 0.6) is 0 Å². The molecule has 1 heterocycles. The smallest absolute Gasteiger partial charge is 0.129 e. The number of aromatic nitrogens is 1. The minimum absolute atomic E-state index is 0.329. The van der Waals surface area contributed by atoms with Crippen molar-refractivity contribution in [3.63, 3.8) is 0 Å². The maximum absolute atomic E-state index is 10.1. The Hall–Kier alpha value is -1.58. The molecule has 3 N–H and O–H groups in total. The number of rotatable bonds is 2. The summed E-state index contributed by atoms with van der Waals surface area (Å²) in [5.41, 5.74) is 6.98. The van der Waals surface area contributed by atoms with E-state index in [2.05, 4.69) is 4.98 Å². The van der Waals surface area contributed by atoms with Crippen molar-refractivity contribution in [2.45, 2.75) is 6.10 Å². The number of aliphatic hydroxyl groups excluding tert-OH is 1. The molecule has 0 bridgehead atoms. The topological polar surface area (TPSA) is 59.1 Å². The molecule has 0 radical (unpaired) electrons. The summed E-state index contributed by atoms with van der Waals surface area (Å²) in [6, 6.07) is 10.5. The molecule has 0 saturated heterocycles. The Morgan fingerprint density at radius 2 is 2.06 bits per heavy atom. The Labute approximate surface area is 98.5 Å². The molecule has 2 rings (SSSR count). The lowest BCUT2D eigenvalue weighted by molar-refractivity contribution is 0.220. The van der Waals surface area contributed by atoms with Crippen LogP contribution in [-0.4, -0.2) is 10.1 Å². The third-order valence-electron chi connectivity index (χ3n) is 2.33. The summed E-state index contributed by atoms with van der Waals surface area (Å²) in [4.78, 5) is 3.93. The first-order valence-corrected chi connectivity index (χ1v) is 5.20. The van der Waals surface area contributed by atoms with Gasteiger partial charge in [0.05, 0.1) is 0 Å². The third-order valence-corrected chi connectivity index (χ3v) is 2.57. The molecule has 1 unspecified atom stereocenters. The van der Waals surface area contributed by atoms with Crippen LogP contribution in [0.1, 0.15) is 17.2 Å². The standard InChI is InChI=1S/C12H11ClN2O/c13-9-4-1-3-8(7-9)11(16)10-5-2-6-15-12(10)14/h1-7,11,16H,(H2,14,15). The lowest BCUT2D eigenvalue weighted by Gasteiger charge is -2.12. The normalized spacial score (nSPS) is 12.4. The molecule has 0 fully saturated rings. The van der Waals surface area contributed by atoms with Gasteiger partial charge in [-0.05, 0) is 23.8 Å². The van der Waals surface area contributed by atoms with Gasteiger partial charge in [-0.25, -0.2) is 4.98 Å². The zero-order valence-corrected chi connectivity index (χ0v) is 9.22. The predicted molar refractivity (Wildman–Crippen MR) is 64.2 cm³/mol. The quantitative estimate of drug-likeness (QED) is 0.839. The van der Waals surface area contributed by atoms with E-state index in [1.54, 1.807) is 42.6 Å². The van der Waals surface area contributed by atoms with Gasteiger partial charge in [0.25, 0.3) is 0 Å². The summed E-state index contributed by atoms with van der Waals surface area (Å²) < 4.78 is 0. The highest BCUT2D eigenvalue weighted by Crippen LogP contribution is 2.26. The first kappa shape index (κ1) is 10.9. The predicted octanol–water partition coefficient (Wildman–Crippen LogP) is 2.40. The lowest BCUT2D eigenvalue weighted by atomic mass is 10.0. The number of pyridine rings is 1. The van der Waals surface area contributed by atoms with Crippen molar-refractivity contribution in [1.29, 1.82) is 0 Å². The van der Waals surface area contributed by atoms with Gasteiger partial charge in [0.15, 0.2) is 0 Å². The van der Waals surface area contributed by atoms with Crippen LogP contribution in [0.2, 0.25) is 5.02 Å². The summed E-state index contributed by atoms with van der Waals surface area (Å²) >= 11 is 5.86. The molecule has 0 aliphatic carbocycles. The molecule has 82 valence electrons. The van der Waals surface area contributed by atoms with Gasteiger partial charge >= 0.3 is 0 Å². The molecular weight excluding hydrogens is 224 g/mol. The van der Waals surface area contributed by atoms with Gasteiger partial charge in [-0.2, -0.15) is 0 Å². The van der Waals surface area contributed by atoms with Crippen molar-refractivity contribution in [3.05, 3.63) is 58.7 Å². The number of nitrogen functional groups attached to an aromatic ring is 1. The molecule has 2 aromatic rings. The van der Waals surface area contributed by atoms with Gasteiger partial charge in [0.1, 0.15) is 11.9 Å². The van der Waals surface area contributed by atoms with Crippen LogP contribution in [0.3, 0.4) is 0 Å². The lowest BCUT2D eigenvalue weighted by Crippen LogP contribution is -2.04. The average molecular weight is 235 g/mol. The van der Waals surface area contributed by atoms with Crippen LogP contribution in [0.25, 0.3) is 0 Å². The van der Waals surface area contributed by atoms with Gasteiger partial charge in [-0.1, -0.05) is 29.8 Å². The van der Waals surface area contributed by atoms with E-state index >= 15 is 0 Å². The van der Waals surface area contributed by atoms with Gasteiger partial charge in [-0.3, -0.25) is 0 Å². The summed E-state index contributed by atoms with van der Waals surface area (Å²) in [7, 11) is 0. The van der Waals surface area contributed by atoms with Crippen LogP contribution in [0.4, 0.5) is 5.82 Å². The SMILES string of the molecule is Nc1ncccc1C(O)c1cccc(Cl)c1. The van der Waals surface area contributed by atoms with Gasteiger partial charge < -0.3 is 10.8 Å². The fraction of sp³-hybridized carbons (Fsp3) is 0.0833. The van der Waals surface area contributed by atoms with E-state index in [4.69, 9.17) is 17.3 Å². The van der Waals surface area contributed by atoms with E-state index < -0.39 is 6.10 Å². The van der Waals surface area contributed by atoms with Crippen LogP contribution >= 0.6 is 11.6 Å². The summed E-state index contributed by atoms with van der Waals surface area (Å²) in [6.45, 7) is 0. The number of benzene rings is 1. The van der Waals surface area contributed by atoms with Crippen LogP contribution in [0.15, 0.2) is 42.6 Å². The van der Waals surface area contributed by atoms with E-state index in [1.165, 1.54) is 0 Å². The van der Waals surface area contributed by atoms with Gasteiger partial charge in [-0.15, -0.1) is 0 Å². The molecular formula is C12H11ClN2O. The van der Waals surface area contributed by atoms with E-state index in [0.29, 0.717) is 22.0 Å². The average Bonchev–Trinajstić information content (AvgIpc) is 2.29. The van der Waals surface area contributed by atoms with Crippen molar-refractivity contribution in [1.82, 2.24) is 4.98 Å². The van der Waals surface area contributed by atoms with E-state index in [1.807, 2.05) is 0 Å². The highest BCUT2D eigenvalue weighted by atomic mass is 35.5. The second kappa shape index (κ2) is 4.51. The Bertz CT molecular complexity index is 502. The van der Waals surface area contributed by atoms with E-state index in [0.717, 1.165) is 0 Å².